The number of allylic oxidation sites excluding steroid dienone is 1. The molecule has 0 saturated carbocycles. The van der Waals surface area contributed by atoms with Crippen LogP contribution in [0.5, 0.6) is 11.5 Å². The second-order valence-electron chi connectivity index (χ2n) is 6.50. The highest BCUT2D eigenvalue weighted by atomic mass is 35.5. The van der Waals surface area contributed by atoms with Gasteiger partial charge in [-0.2, -0.15) is 0 Å². The van der Waals surface area contributed by atoms with Crippen LogP contribution in [0.2, 0.25) is 5.02 Å². The molecule has 29 heavy (non-hydrogen) atoms. The molecule has 0 fully saturated rings. The molecule has 3 aromatic carbocycles. The Morgan fingerprint density at radius 2 is 1.76 bits per heavy atom. The number of ether oxygens (including phenoxy) is 2. The van der Waals surface area contributed by atoms with Crippen LogP contribution in [0.15, 0.2) is 66.7 Å². The Morgan fingerprint density at radius 3 is 2.45 bits per heavy atom. The molecule has 0 N–H and O–H groups in total. The quantitative estimate of drug-likeness (QED) is 0.340. The van der Waals surface area contributed by atoms with Crippen LogP contribution in [0, 0.1) is 12.7 Å². The first kappa shape index (κ1) is 20.6. The zero-order valence-corrected chi connectivity index (χ0v) is 16.9. The number of carbonyl (C=O) groups excluding carboxylic acids is 1. The summed E-state index contributed by atoms with van der Waals surface area (Å²) in [5.74, 6) is 0.686. The molecule has 0 spiro atoms. The number of rotatable bonds is 7. The van der Waals surface area contributed by atoms with Crippen LogP contribution in [0.1, 0.15) is 27.0 Å². The van der Waals surface area contributed by atoms with Gasteiger partial charge in [0.05, 0.1) is 12.1 Å². The van der Waals surface area contributed by atoms with Crippen LogP contribution >= 0.6 is 11.6 Å². The highest BCUT2D eigenvalue weighted by Gasteiger charge is 2.08. The first-order chi connectivity index (χ1) is 14.0. The van der Waals surface area contributed by atoms with Gasteiger partial charge in [-0.3, -0.25) is 4.79 Å². The van der Waals surface area contributed by atoms with E-state index >= 15 is 0 Å². The van der Waals surface area contributed by atoms with Crippen molar-refractivity contribution in [1.29, 1.82) is 0 Å². The zero-order valence-electron chi connectivity index (χ0n) is 16.1. The number of hydrogen-bond donors (Lipinski definition) is 0. The molecule has 3 nitrogen and oxygen atoms in total. The molecule has 0 bridgehead atoms. The molecule has 3 rings (SSSR count). The number of ketones is 1. The Balaban J connectivity index is 1.75. The van der Waals surface area contributed by atoms with Gasteiger partial charge in [0.15, 0.2) is 5.78 Å². The maximum Gasteiger partial charge on any atom is 0.185 e. The molecular weight excluding hydrogens is 391 g/mol. The van der Waals surface area contributed by atoms with Crippen LogP contribution in [-0.4, -0.2) is 12.9 Å². The van der Waals surface area contributed by atoms with E-state index in [0.29, 0.717) is 22.1 Å². The molecule has 3 aromatic rings. The van der Waals surface area contributed by atoms with Gasteiger partial charge in [-0.25, -0.2) is 4.39 Å². The van der Waals surface area contributed by atoms with Crippen LogP contribution in [0.25, 0.3) is 6.08 Å². The first-order valence-electron chi connectivity index (χ1n) is 9.00. The molecule has 0 aliphatic rings. The third kappa shape index (κ3) is 5.46. The van der Waals surface area contributed by atoms with Crippen molar-refractivity contribution in [2.45, 2.75) is 13.5 Å². The van der Waals surface area contributed by atoms with Crippen molar-refractivity contribution < 1.29 is 18.7 Å². The minimum atomic E-state index is -0.376. The van der Waals surface area contributed by atoms with Crippen molar-refractivity contribution in [3.05, 3.63) is 99.8 Å². The fourth-order valence-electron chi connectivity index (χ4n) is 2.78. The lowest BCUT2D eigenvalue weighted by Gasteiger charge is -2.12. The molecule has 0 aliphatic carbocycles. The summed E-state index contributed by atoms with van der Waals surface area (Å²) in [5, 5.41) is 0.546. The van der Waals surface area contributed by atoms with Crippen molar-refractivity contribution in [2.75, 3.05) is 7.11 Å². The Labute approximate surface area is 174 Å². The Morgan fingerprint density at radius 1 is 1.03 bits per heavy atom. The Kier molecular flexibility index (Phi) is 6.68. The van der Waals surface area contributed by atoms with Crippen LogP contribution < -0.4 is 9.47 Å². The summed E-state index contributed by atoms with van der Waals surface area (Å²) in [4.78, 5) is 12.2. The molecular formula is C24H20ClFO3. The van der Waals surface area contributed by atoms with E-state index in [9.17, 15) is 9.18 Å². The summed E-state index contributed by atoms with van der Waals surface area (Å²) in [7, 11) is 1.59. The topological polar surface area (TPSA) is 35.5 Å². The largest absolute Gasteiger partial charge is 0.496 e. The molecule has 0 aliphatic heterocycles. The normalized spacial score (nSPS) is 10.9. The van der Waals surface area contributed by atoms with E-state index in [0.717, 1.165) is 16.7 Å². The maximum atomic E-state index is 13.0. The molecule has 0 amide bonds. The van der Waals surface area contributed by atoms with Crippen LogP contribution in [0.4, 0.5) is 4.39 Å². The zero-order chi connectivity index (χ0) is 20.8. The van der Waals surface area contributed by atoms with Crippen LogP contribution in [0.3, 0.4) is 0 Å². The predicted octanol–water partition coefficient (Wildman–Crippen LogP) is 6.27. The number of aryl methyl sites for hydroxylation is 1. The summed E-state index contributed by atoms with van der Waals surface area (Å²) in [6, 6.07) is 16.6. The van der Waals surface area contributed by atoms with Gasteiger partial charge in [0.1, 0.15) is 23.9 Å². The van der Waals surface area contributed by atoms with Crippen molar-refractivity contribution in [3.63, 3.8) is 0 Å². The molecule has 148 valence electrons. The molecule has 0 unspecified atom stereocenters. The lowest BCUT2D eigenvalue weighted by atomic mass is 10.1. The summed E-state index contributed by atoms with van der Waals surface area (Å²) < 4.78 is 24.2. The van der Waals surface area contributed by atoms with Crippen molar-refractivity contribution >= 4 is 23.5 Å². The SMILES string of the molecule is COc1ccc(/C=C/C(=O)c2ccc(F)cc2)cc1COc1ccc(C)cc1Cl. The standard InChI is InChI=1S/C24H20ClFO3/c1-16-3-11-24(21(25)13-16)29-15-19-14-17(5-12-23(19)28-2)4-10-22(27)18-6-8-20(26)9-7-18/h3-14H,15H2,1-2H3/b10-4+. The monoisotopic (exact) mass is 410 g/mol. The number of hydrogen-bond acceptors (Lipinski definition) is 3. The summed E-state index contributed by atoms with van der Waals surface area (Å²) >= 11 is 6.22. The Hall–Kier alpha value is -3.11. The van der Waals surface area contributed by atoms with Crippen molar-refractivity contribution in [3.8, 4) is 11.5 Å². The van der Waals surface area contributed by atoms with Crippen LogP contribution in [-0.2, 0) is 6.61 Å². The number of carbonyl (C=O) groups is 1. The van der Waals surface area contributed by atoms with E-state index in [1.165, 1.54) is 30.3 Å². The molecule has 0 saturated heterocycles. The number of benzene rings is 3. The van der Waals surface area contributed by atoms with Crippen molar-refractivity contribution in [2.24, 2.45) is 0 Å². The Bertz CT molecular complexity index is 1040. The number of methoxy groups -OCH3 is 1. The smallest absolute Gasteiger partial charge is 0.185 e. The van der Waals surface area contributed by atoms with Gasteiger partial charge in [-0.15, -0.1) is 0 Å². The lowest BCUT2D eigenvalue weighted by Crippen LogP contribution is -2.00. The van der Waals surface area contributed by atoms with Gasteiger partial charge in [-0.1, -0.05) is 29.8 Å². The molecule has 0 atom stereocenters. The first-order valence-corrected chi connectivity index (χ1v) is 9.38. The highest BCUT2D eigenvalue weighted by Crippen LogP contribution is 2.28. The maximum absolute atomic E-state index is 13.0. The van der Waals surface area contributed by atoms with E-state index < -0.39 is 0 Å². The van der Waals surface area contributed by atoms with E-state index in [2.05, 4.69) is 0 Å². The molecule has 0 radical (unpaired) electrons. The molecule has 0 heterocycles. The second-order valence-corrected chi connectivity index (χ2v) is 6.91. The van der Waals surface area contributed by atoms with Gasteiger partial charge in [-0.05, 0) is 72.7 Å². The fraction of sp³-hybridized carbons (Fsp3) is 0.125. The average molecular weight is 411 g/mol. The van der Waals surface area contributed by atoms with Gasteiger partial charge in [0, 0.05) is 11.1 Å². The predicted molar refractivity (Wildman–Crippen MR) is 113 cm³/mol. The summed E-state index contributed by atoms with van der Waals surface area (Å²) in [6.45, 7) is 2.22. The fourth-order valence-corrected chi connectivity index (χ4v) is 3.07. The van der Waals surface area contributed by atoms with Crippen molar-refractivity contribution in [1.82, 2.24) is 0 Å². The summed E-state index contributed by atoms with van der Waals surface area (Å²) in [6.07, 6.45) is 3.16. The lowest BCUT2D eigenvalue weighted by molar-refractivity contribution is 0.104. The van der Waals surface area contributed by atoms with Gasteiger partial charge in [0.2, 0.25) is 0 Å². The van der Waals surface area contributed by atoms with E-state index in [1.807, 2.05) is 43.3 Å². The average Bonchev–Trinajstić information content (AvgIpc) is 2.72. The van der Waals surface area contributed by atoms with E-state index in [4.69, 9.17) is 21.1 Å². The number of halogens is 2. The minimum absolute atomic E-state index is 0.204. The van der Waals surface area contributed by atoms with Gasteiger partial charge < -0.3 is 9.47 Å². The molecule has 5 heteroatoms. The third-order valence-electron chi connectivity index (χ3n) is 4.33. The van der Waals surface area contributed by atoms with Gasteiger partial charge >= 0.3 is 0 Å². The van der Waals surface area contributed by atoms with E-state index in [-0.39, 0.29) is 18.2 Å². The highest BCUT2D eigenvalue weighted by molar-refractivity contribution is 6.32. The second kappa shape index (κ2) is 9.39. The summed E-state index contributed by atoms with van der Waals surface area (Å²) in [5.41, 5.74) is 3.11. The van der Waals surface area contributed by atoms with E-state index in [1.54, 1.807) is 13.2 Å². The van der Waals surface area contributed by atoms with Gasteiger partial charge in [0.25, 0.3) is 0 Å². The minimum Gasteiger partial charge on any atom is -0.496 e. The third-order valence-corrected chi connectivity index (χ3v) is 4.63. The molecule has 0 aromatic heterocycles.